The SMILES string of the molecule is CNC(c1cc(C)ccc1C)C(C)C1CC1. The molecule has 16 heavy (non-hydrogen) atoms. The van der Waals surface area contributed by atoms with Gasteiger partial charge in [0.05, 0.1) is 0 Å². The third-order valence-corrected chi connectivity index (χ3v) is 3.97. The Morgan fingerprint density at radius 1 is 1.25 bits per heavy atom. The highest BCUT2D eigenvalue weighted by atomic mass is 14.9. The summed E-state index contributed by atoms with van der Waals surface area (Å²) in [6.45, 7) is 6.79. The maximum atomic E-state index is 3.51. The van der Waals surface area contributed by atoms with Gasteiger partial charge >= 0.3 is 0 Å². The molecule has 0 saturated heterocycles. The highest BCUT2D eigenvalue weighted by Gasteiger charge is 2.33. The Morgan fingerprint density at radius 2 is 1.94 bits per heavy atom. The number of hydrogen-bond acceptors (Lipinski definition) is 1. The fourth-order valence-corrected chi connectivity index (χ4v) is 2.69. The molecule has 0 heterocycles. The summed E-state index contributed by atoms with van der Waals surface area (Å²) >= 11 is 0. The topological polar surface area (TPSA) is 12.0 Å². The molecular formula is C15H23N. The molecule has 0 aromatic heterocycles. The van der Waals surface area contributed by atoms with Gasteiger partial charge in [-0.3, -0.25) is 0 Å². The van der Waals surface area contributed by atoms with Gasteiger partial charge in [-0.05, 0) is 56.7 Å². The lowest BCUT2D eigenvalue weighted by molar-refractivity contribution is 0.368. The first kappa shape index (κ1) is 11.7. The summed E-state index contributed by atoms with van der Waals surface area (Å²) in [5.74, 6) is 1.70. The van der Waals surface area contributed by atoms with Crippen LogP contribution in [0.15, 0.2) is 18.2 Å². The van der Waals surface area contributed by atoms with Crippen molar-refractivity contribution in [3.63, 3.8) is 0 Å². The maximum Gasteiger partial charge on any atom is 0.0348 e. The molecular weight excluding hydrogens is 194 g/mol. The molecule has 1 saturated carbocycles. The predicted molar refractivity (Wildman–Crippen MR) is 69.6 cm³/mol. The minimum Gasteiger partial charge on any atom is -0.313 e. The van der Waals surface area contributed by atoms with Gasteiger partial charge in [0, 0.05) is 6.04 Å². The van der Waals surface area contributed by atoms with Gasteiger partial charge in [0.1, 0.15) is 0 Å². The molecule has 2 unspecified atom stereocenters. The monoisotopic (exact) mass is 217 g/mol. The molecule has 0 amide bonds. The molecule has 1 fully saturated rings. The van der Waals surface area contributed by atoms with E-state index in [1.165, 1.54) is 29.5 Å². The Bertz CT molecular complexity index is 366. The molecule has 88 valence electrons. The first-order chi connectivity index (χ1) is 7.63. The molecule has 1 nitrogen and oxygen atoms in total. The quantitative estimate of drug-likeness (QED) is 0.812. The third kappa shape index (κ3) is 2.30. The van der Waals surface area contributed by atoms with Crippen LogP contribution in [0.3, 0.4) is 0 Å². The van der Waals surface area contributed by atoms with Crippen LogP contribution in [-0.4, -0.2) is 7.05 Å². The van der Waals surface area contributed by atoms with Gasteiger partial charge in [-0.2, -0.15) is 0 Å². The molecule has 2 rings (SSSR count). The molecule has 1 N–H and O–H groups in total. The van der Waals surface area contributed by atoms with Crippen LogP contribution in [-0.2, 0) is 0 Å². The molecule has 2 atom stereocenters. The van der Waals surface area contributed by atoms with Crippen LogP contribution >= 0.6 is 0 Å². The molecule has 0 aliphatic heterocycles. The van der Waals surface area contributed by atoms with Crippen molar-refractivity contribution in [2.45, 2.75) is 39.7 Å². The minimum atomic E-state index is 0.521. The Balaban J connectivity index is 2.27. The molecule has 0 spiro atoms. The van der Waals surface area contributed by atoms with E-state index in [-0.39, 0.29) is 0 Å². The summed E-state index contributed by atoms with van der Waals surface area (Å²) in [7, 11) is 2.09. The molecule has 1 aliphatic carbocycles. The Morgan fingerprint density at radius 3 is 2.50 bits per heavy atom. The smallest absolute Gasteiger partial charge is 0.0348 e. The van der Waals surface area contributed by atoms with Crippen LogP contribution in [0.2, 0.25) is 0 Å². The third-order valence-electron chi connectivity index (χ3n) is 3.97. The average Bonchev–Trinajstić information content (AvgIpc) is 3.07. The van der Waals surface area contributed by atoms with E-state index in [4.69, 9.17) is 0 Å². The van der Waals surface area contributed by atoms with Gasteiger partial charge in [0.15, 0.2) is 0 Å². The molecule has 1 aromatic carbocycles. The number of hydrogen-bond donors (Lipinski definition) is 1. The Hall–Kier alpha value is -0.820. The Labute approximate surface area is 99.3 Å². The van der Waals surface area contributed by atoms with Crippen molar-refractivity contribution >= 4 is 0 Å². The number of nitrogens with one attached hydrogen (secondary N) is 1. The van der Waals surface area contributed by atoms with Crippen molar-refractivity contribution in [3.8, 4) is 0 Å². The van der Waals surface area contributed by atoms with Crippen LogP contribution in [0.1, 0.15) is 42.5 Å². The van der Waals surface area contributed by atoms with E-state index in [0.29, 0.717) is 6.04 Å². The van der Waals surface area contributed by atoms with Crippen molar-refractivity contribution in [3.05, 3.63) is 34.9 Å². The number of rotatable bonds is 4. The fraction of sp³-hybridized carbons (Fsp3) is 0.600. The second-order valence-electron chi connectivity index (χ2n) is 5.32. The minimum absolute atomic E-state index is 0.521. The van der Waals surface area contributed by atoms with Crippen LogP contribution in [0.4, 0.5) is 0 Å². The van der Waals surface area contributed by atoms with Crippen LogP contribution in [0.25, 0.3) is 0 Å². The van der Waals surface area contributed by atoms with Gasteiger partial charge in [0.2, 0.25) is 0 Å². The zero-order valence-electron chi connectivity index (χ0n) is 10.9. The van der Waals surface area contributed by atoms with Gasteiger partial charge in [-0.15, -0.1) is 0 Å². The van der Waals surface area contributed by atoms with E-state index in [2.05, 4.69) is 51.3 Å². The van der Waals surface area contributed by atoms with E-state index < -0.39 is 0 Å². The average molecular weight is 217 g/mol. The summed E-state index contributed by atoms with van der Waals surface area (Å²) in [5.41, 5.74) is 4.27. The lowest BCUT2D eigenvalue weighted by Crippen LogP contribution is -2.25. The van der Waals surface area contributed by atoms with Crippen molar-refractivity contribution in [1.29, 1.82) is 0 Å². The van der Waals surface area contributed by atoms with Crippen molar-refractivity contribution in [1.82, 2.24) is 5.32 Å². The zero-order chi connectivity index (χ0) is 11.7. The van der Waals surface area contributed by atoms with Gasteiger partial charge in [-0.1, -0.05) is 30.7 Å². The van der Waals surface area contributed by atoms with Crippen LogP contribution in [0.5, 0.6) is 0 Å². The summed E-state index contributed by atoms with van der Waals surface area (Å²) in [6.07, 6.45) is 2.84. The largest absolute Gasteiger partial charge is 0.313 e. The second-order valence-corrected chi connectivity index (χ2v) is 5.32. The number of benzene rings is 1. The van der Waals surface area contributed by atoms with E-state index in [1.807, 2.05) is 0 Å². The number of aryl methyl sites for hydroxylation is 2. The van der Waals surface area contributed by atoms with Gasteiger partial charge in [0.25, 0.3) is 0 Å². The highest BCUT2D eigenvalue weighted by Crippen LogP contribution is 2.43. The summed E-state index contributed by atoms with van der Waals surface area (Å²) < 4.78 is 0. The van der Waals surface area contributed by atoms with E-state index >= 15 is 0 Å². The standard InChI is InChI=1S/C15H23N/c1-10-5-6-11(2)14(9-10)15(16-4)12(3)13-7-8-13/h5-6,9,12-13,15-16H,7-8H2,1-4H3. The normalized spacial score (nSPS) is 19.5. The van der Waals surface area contributed by atoms with E-state index in [9.17, 15) is 0 Å². The molecule has 0 bridgehead atoms. The predicted octanol–water partition coefficient (Wildman–Crippen LogP) is 3.61. The Kier molecular flexibility index (Phi) is 3.34. The lowest BCUT2D eigenvalue weighted by Gasteiger charge is -2.26. The first-order valence-corrected chi connectivity index (χ1v) is 6.38. The van der Waals surface area contributed by atoms with Crippen molar-refractivity contribution in [2.24, 2.45) is 11.8 Å². The molecule has 0 radical (unpaired) electrons. The second kappa shape index (κ2) is 4.58. The summed E-state index contributed by atoms with van der Waals surface area (Å²) in [6, 6.07) is 7.31. The van der Waals surface area contributed by atoms with Gasteiger partial charge in [-0.25, -0.2) is 0 Å². The highest BCUT2D eigenvalue weighted by molar-refractivity contribution is 5.33. The molecule has 1 aliphatic rings. The van der Waals surface area contributed by atoms with Crippen LogP contribution in [0, 0.1) is 25.7 Å². The van der Waals surface area contributed by atoms with Gasteiger partial charge < -0.3 is 5.32 Å². The van der Waals surface area contributed by atoms with E-state index in [0.717, 1.165) is 11.8 Å². The first-order valence-electron chi connectivity index (χ1n) is 6.38. The fourth-order valence-electron chi connectivity index (χ4n) is 2.69. The zero-order valence-corrected chi connectivity index (χ0v) is 10.9. The summed E-state index contributed by atoms with van der Waals surface area (Å²) in [5, 5.41) is 3.51. The lowest BCUT2D eigenvalue weighted by atomic mass is 9.87. The van der Waals surface area contributed by atoms with Crippen molar-refractivity contribution in [2.75, 3.05) is 7.05 Å². The molecule has 1 aromatic rings. The summed E-state index contributed by atoms with van der Waals surface area (Å²) in [4.78, 5) is 0. The van der Waals surface area contributed by atoms with E-state index in [1.54, 1.807) is 0 Å². The van der Waals surface area contributed by atoms with Crippen LogP contribution < -0.4 is 5.32 Å². The molecule has 1 heteroatoms. The van der Waals surface area contributed by atoms with Crippen molar-refractivity contribution < 1.29 is 0 Å². The maximum absolute atomic E-state index is 3.51.